The molecule has 3 aromatic carbocycles. The van der Waals surface area contributed by atoms with Crippen LogP contribution in [-0.4, -0.2) is 26.2 Å². The Kier molecular flexibility index (Phi) is 8.72. The van der Waals surface area contributed by atoms with Crippen molar-refractivity contribution < 1.29 is 0 Å². The fourth-order valence-corrected chi connectivity index (χ4v) is 4.52. The zero-order chi connectivity index (χ0) is 23.1. The van der Waals surface area contributed by atoms with Crippen LogP contribution in [0.3, 0.4) is 0 Å². The van der Waals surface area contributed by atoms with Crippen LogP contribution in [0, 0.1) is 0 Å². The summed E-state index contributed by atoms with van der Waals surface area (Å²) in [6.07, 6.45) is 0. The number of rotatable bonds is 10. The van der Waals surface area contributed by atoms with Crippen LogP contribution in [0.15, 0.2) is 66.7 Å². The van der Waals surface area contributed by atoms with Gasteiger partial charge in [-0.25, -0.2) is 0 Å². The molecule has 32 heavy (non-hydrogen) atoms. The second kappa shape index (κ2) is 11.5. The van der Waals surface area contributed by atoms with Gasteiger partial charge < -0.3 is 15.1 Å². The molecule has 0 spiro atoms. The van der Waals surface area contributed by atoms with E-state index in [-0.39, 0.29) is 6.04 Å². The van der Waals surface area contributed by atoms with Gasteiger partial charge >= 0.3 is 0 Å². The van der Waals surface area contributed by atoms with Gasteiger partial charge in [-0.3, -0.25) is 0 Å². The highest BCUT2D eigenvalue weighted by molar-refractivity contribution is 6.36. The molecule has 0 fully saturated rings. The molecule has 0 bridgehead atoms. The molecule has 0 saturated carbocycles. The summed E-state index contributed by atoms with van der Waals surface area (Å²) in [5, 5.41) is 4.88. The average Bonchev–Trinajstić information content (AvgIpc) is 2.81. The molecule has 0 aliphatic rings. The summed E-state index contributed by atoms with van der Waals surface area (Å²) in [7, 11) is 0. The van der Waals surface area contributed by atoms with Crippen LogP contribution in [0.1, 0.15) is 44.9 Å². The van der Waals surface area contributed by atoms with Gasteiger partial charge in [0.2, 0.25) is 0 Å². The fourth-order valence-electron chi connectivity index (χ4n) is 4.05. The summed E-state index contributed by atoms with van der Waals surface area (Å²) in [5.74, 6) is 0. The highest BCUT2D eigenvalue weighted by atomic mass is 35.5. The lowest BCUT2D eigenvalue weighted by atomic mass is 9.97. The minimum absolute atomic E-state index is 0.0369. The molecular formula is C27H33Cl2N3. The molecule has 3 nitrogen and oxygen atoms in total. The molecule has 5 heteroatoms. The first-order valence-corrected chi connectivity index (χ1v) is 12.2. The van der Waals surface area contributed by atoms with E-state index in [2.05, 4.69) is 91.3 Å². The normalized spacial score (nSPS) is 11.0. The van der Waals surface area contributed by atoms with Gasteiger partial charge in [0.05, 0.1) is 16.8 Å². The van der Waals surface area contributed by atoms with Gasteiger partial charge in [0.25, 0.3) is 0 Å². The van der Waals surface area contributed by atoms with Crippen molar-refractivity contribution >= 4 is 40.3 Å². The van der Waals surface area contributed by atoms with Crippen molar-refractivity contribution in [2.45, 2.75) is 33.7 Å². The van der Waals surface area contributed by atoms with Gasteiger partial charge in [-0.15, -0.1) is 0 Å². The van der Waals surface area contributed by atoms with E-state index in [1.54, 1.807) is 6.07 Å². The maximum absolute atomic E-state index is 6.50. The first-order valence-electron chi connectivity index (χ1n) is 11.4. The van der Waals surface area contributed by atoms with Crippen molar-refractivity contribution in [1.29, 1.82) is 0 Å². The Morgan fingerprint density at radius 1 is 0.656 bits per heavy atom. The van der Waals surface area contributed by atoms with E-state index in [0.29, 0.717) is 10.0 Å². The lowest BCUT2D eigenvalue weighted by Gasteiger charge is -2.26. The monoisotopic (exact) mass is 469 g/mol. The zero-order valence-corrected chi connectivity index (χ0v) is 20.9. The second-order valence-corrected chi connectivity index (χ2v) is 8.57. The number of nitrogens with one attached hydrogen (secondary N) is 1. The third-order valence-corrected chi connectivity index (χ3v) is 6.49. The number of hydrogen-bond donors (Lipinski definition) is 1. The summed E-state index contributed by atoms with van der Waals surface area (Å²) < 4.78 is 0. The van der Waals surface area contributed by atoms with Gasteiger partial charge in [-0.05, 0) is 81.3 Å². The van der Waals surface area contributed by atoms with Crippen molar-refractivity contribution in [3.05, 3.63) is 87.9 Å². The fraction of sp³-hybridized carbons (Fsp3) is 0.333. The highest BCUT2D eigenvalue weighted by Gasteiger charge is 2.17. The molecular weight excluding hydrogens is 437 g/mol. The van der Waals surface area contributed by atoms with Gasteiger partial charge in [0, 0.05) is 42.6 Å². The first kappa shape index (κ1) is 24.3. The molecule has 0 saturated heterocycles. The number of anilines is 3. The van der Waals surface area contributed by atoms with Gasteiger partial charge in [-0.1, -0.05) is 47.5 Å². The maximum atomic E-state index is 6.50. The SMILES string of the molecule is CCN(CC)c1ccc(C(Nc2ccc(Cl)cc2Cl)c2ccc(N(CC)CC)cc2)cc1. The van der Waals surface area contributed by atoms with Crippen LogP contribution in [0.5, 0.6) is 0 Å². The molecule has 0 aliphatic carbocycles. The Morgan fingerprint density at radius 3 is 1.47 bits per heavy atom. The lowest BCUT2D eigenvalue weighted by Crippen LogP contribution is -2.22. The molecule has 0 unspecified atom stereocenters. The summed E-state index contributed by atoms with van der Waals surface area (Å²) in [6, 6.07) is 23.1. The number of halogens is 2. The molecule has 0 heterocycles. The van der Waals surface area contributed by atoms with Crippen LogP contribution < -0.4 is 15.1 Å². The Morgan fingerprint density at radius 2 is 1.09 bits per heavy atom. The zero-order valence-electron chi connectivity index (χ0n) is 19.4. The molecule has 1 N–H and O–H groups in total. The topological polar surface area (TPSA) is 18.5 Å². The maximum Gasteiger partial charge on any atom is 0.0768 e. The van der Waals surface area contributed by atoms with Crippen LogP contribution in [0.2, 0.25) is 10.0 Å². The summed E-state index contributed by atoms with van der Waals surface area (Å²) in [6.45, 7) is 12.7. The first-order chi connectivity index (χ1) is 15.5. The third-order valence-electron chi connectivity index (χ3n) is 5.94. The Labute approximate surface area is 203 Å². The molecule has 3 rings (SSSR count). The van der Waals surface area contributed by atoms with Crippen LogP contribution in [-0.2, 0) is 0 Å². The van der Waals surface area contributed by atoms with E-state index in [4.69, 9.17) is 23.2 Å². The van der Waals surface area contributed by atoms with E-state index in [1.807, 2.05) is 12.1 Å². The molecule has 0 amide bonds. The van der Waals surface area contributed by atoms with Crippen LogP contribution in [0.25, 0.3) is 0 Å². The minimum Gasteiger partial charge on any atom is -0.373 e. The van der Waals surface area contributed by atoms with Crippen LogP contribution in [0.4, 0.5) is 17.1 Å². The smallest absolute Gasteiger partial charge is 0.0768 e. The number of benzene rings is 3. The summed E-state index contributed by atoms with van der Waals surface area (Å²) in [5.41, 5.74) is 5.70. The van der Waals surface area contributed by atoms with Crippen molar-refractivity contribution in [3.63, 3.8) is 0 Å². The molecule has 170 valence electrons. The number of hydrogen-bond acceptors (Lipinski definition) is 3. The van der Waals surface area contributed by atoms with Gasteiger partial charge in [0.1, 0.15) is 0 Å². The van der Waals surface area contributed by atoms with E-state index in [1.165, 1.54) is 22.5 Å². The third kappa shape index (κ3) is 5.70. The van der Waals surface area contributed by atoms with Crippen LogP contribution >= 0.6 is 23.2 Å². The van der Waals surface area contributed by atoms with Gasteiger partial charge in [-0.2, -0.15) is 0 Å². The Bertz CT molecular complexity index is 923. The predicted molar refractivity (Wildman–Crippen MR) is 142 cm³/mol. The lowest BCUT2D eigenvalue weighted by molar-refractivity contribution is 0.861. The molecule has 3 aromatic rings. The largest absolute Gasteiger partial charge is 0.373 e. The van der Waals surface area contributed by atoms with E-state index < -0.39 is 0 Å². The number of nitrogens with zero attached hydrogens (tertiary/aromatic N) is 2. The van der Waals surface area contributed by atoms with Crippen molar-refractivity contribution in [1.82, 2.24) is 0 Å². The average molecular weight is 470 g/mol. The van der Waals surface area contributed by atoms with Gasteiger partial charge in [0.15, 0.2) is 0 Å². The van der Waals surface area contributed by atoms with Crippen molar-refractivity contribution in [2.75, 3.05) is 41.3 Å². The van der Waals surface area contributed by atoms with Crippen molar-refractivity contribution in [2.24, 2.45) is 0 Å². The summed E-state index contributed by atoms with van der Waals surface area (Å²) in [4.78, 5) is 4.70. The highest BCUT2D eigenvalue weighted by Crippen LogP contribution is 2.33. The molecule has 0 atom stereocenters. The van der Waals surface area contributed by atoms with E-state index in [9.17, 15) is 0 Å². The van der Waals surface area contributed by atoms with E-state index >= 15 is 0 Å². The minimum atomic E-state index is -0.0369. The predicted octanol–water partition coefficient (Wildman–Crippen LogP) is 7.89. The van der Waals surface area contributed by atoms with E-state index in [0.717, 1.165) is 31.9 Å². The molecule has 0 aliphatic heterocycles. The quantitative estimate of drug-likeness (QED) is 0.325. The standard InChI is InChI=1S/C27H33Cl2N3/c1-5-31(6-2)23-14-9-20(10-15-23)27(30-26-18-13-22(28)19-25(26)29)21-11-16-24(17-12-21)32(7-3)8-4/h9-19,27,30H,5-8H2,1-4H3. The Balaban J connectivity index is 1.97. The second-order valence-electron chi connectivity index (χ2n) is 7.73. The summed E-state index contributed by atoms with van der Waals surface area (Å²) >= 11 is 12.6. The molecule has 0 radical (unpaired) electrons. The molecule has 0 aromatic heterocycles. The Hall–Kier alpha value is -2.36. The van der Waals surface area contributed by atoms with Crippen molar-refractivity contribution in [3.8, 4) is 0 Å².